The maximum atomic E-state index is 5.55. The largest absolute Gasteiger partial charge is 0.497 e. The highest BCUT2D eigenvalue weighted by Gasteiger charge is 2.09. The van der Waals surface area contributed by atoms with Crippen LogP contribution in [-0.4, -0.2) is 25.7 Å². The van der Waals surface area contributed by atoms with Crippen molar-refractivity contribution in [2.45, 2.75) is 26.2 Å². The first-order valence-electron chi connectivity index (χ1n) is 6.56. The summed E-state index contributed by atoms with van der Waals surface area (Å²) in [5, 5.41) is 1.01. The van der Waals surface area contributed by atoms with Gasteiger partial charge in [-0.3, -0.25) is 0 Å². The van der Waals surface area contributed by atoms with Crippen LogP contribution in [0.5, 0.6) is 5.75 Å². The zero-order chi connectivity index (χ0) is 13.2. The minimum Gasteiger partial charge on any atom is -0.497 e. The molecule has 0 N–H and O–H groups in total. The van der Waals surface area contributed by atoms with Gasteiger partial charge in [-0.15, -0.1) is 0 Å². The Hall–Kier alpha value is -0.540. The molecule has 102 valence electrons. The number of benzene rings is 1. The Morgan fingerprint density at radius 1 is 1.28 bits per heavy atom. The van der Waals surface area contributed by atoms with Crippen LogP contribution in [0.25, 0.3) is 0 Å². The van der Waals surface area contributed by atoms with Crippen molar-refractivity contribution in [3.8, 4) is 5.75 Å². The quantitative estimate of drug-likeness (QED) is 0.505. The van der Waals surface area contributed by atoms with E-state index in [2.05, 4.69) is 35.0 Å². The molecule has 1 unspecified atom stereocenters. The average Bonchev–Trinajstić information content (AvgIpc) is 2.42. The highest BCUT2D eigenvalue weighted by Crippen LogP contribution is 2.19. The fraction of sp³-hybridized carbons (Fsp3) is 0.600. The Balaban J connectivity index is 2.41. The molecular weight excluding hydrogens is 292 g/mol. The van der Waals surface area contributed by atoms with Crippen LogP contribution in [0.1, 0.15) is 25.3 Å². The molecule has 1 rings (SSSR count). The van der Waals surface area contributed by atoms with Gasteiger partial charge in [-0.1, -0.05) is 35.0 Å². The van der Waals surface area contributed by atoms with E-state index in [0.29, 0.717) is 5.92 Å². The molecule has 0 bridgehead atoms. The zero-order valence-corrected chi connectivity index (χ0v) is 12.9. The number of rotatable bonds is 9. The number of hydrogen-bond donors (Lipinski definition) is 0. The molecule has 3 heteroatoms. The van der Waals surface area contributed by atoms with Gasteiger partial charge in [-0.2, -0.15) is 0 Å². The molecule has 0 aromatic heterocycles. The van der Waals surface area contributed by atoms with Crippen molar-refractivity contribution in [2.24, 2.45) is 5.92 Å². The van der Waals surface area contributed by atoms with E-state index in [1.807, 2.05) is 12.1 Å². The molecule has 2 nitrogen and oxygen atoms in total. The second-order valence-electron chi connectivity index (χ2n) is 4.48. The Kier molecular flexibility index (Phi) is 8.10. The lowest BCUT2D eigenvalue weighted by Crippen LogP contribution is -2.10. The summed E-state index contributed by atoms with van der Waals surface area (Å²) >= 11 is 3.59. The summed E-state index contributed by atoms with van der Waals surface area (Å²) in [5.41, 5.74) is 1.33. The van der Waals surface area contributed by atoms with Gasteiger partial charge < -0.3 is 9.47 Å². The van der Waals surface area contributed by atoms with E-state index in [0.717, 1.165) is 43.6 Å². The van der Waals surface area contributed by atoms with Gasteiger partial charge in [-0.05, 0) is 42.9 Å². The lowest BCUT2D eigenvalue weighted by molar-refractivity contribution is 0.123. The van der Waals surface area contributed by atoms with E-state index >= 15 is 0 Å². The third kappa shape index (κ3) is 5.87. The normalized spacial score (nSPS) is 12.4. The van der Waals surface area contributed by atoms with Crippen molar-refractivity contribution in [1.82, 2.24) is 0 Å². The predicted octanol–water partition coefficient (Wildman–Crippen LogP) is 4.07. The Bertz CT molecular complexity index is 328. The minimum atomic E-state index is 0.619. The first-order valence-corrected chi connectivity index (χ1v) is 7.69. The monoisotopic (exact) mass is 314 g/mol. The Labute approximate surface area is 119 Å². The van der Waals surface area contributed by atoms with Gasteiger partial charge in [0, 0.05) is 18.5 Å². The average molecular weight is 315 g/mol. The predicted molar refractivity (Wildman–Crippen MR) is 79.7 cm³/mol. The van der Waals surface area contributed by atoms with Gasteiger partial charge in [0.2, 0.25) is 0 Å². The SMILES string of the molecule is CCCOCCC(CBr)Cc1cccc(OC)c1. The van der Waals surface area contributed by atoms with Gasteiger partial charge in [0.05, 0.1) is 7.11 Å². The van der Waals surface area contributed by atoms with Crippen molar-refractivity contribution in [3.05, 3.63) is 29.8 Å². The Morgan fingerprint density at radius 3 is 2.78 bits per heavy atom. The number of hydrogen-bond acceptors (Lipinski definition) is 2. The fourth-order valence-electron chi connectivity index (χ4n) is 1.86. The van der Waals surface area contributed by atoms with E-state index < -0.39 is 0 Å². The van der Waals surface area contributed by atoms with Gasteiger partial charge in [0.1, 0.15) is 5.75 Å². The summed E-state index contributed by atoms with van der Waals surface area (Å²) in [6.07, 6.45) is 3.26. The second-order valence-corrected chi connectivity index (χ2v) is 5.12. The Morgan fingerprint density at radius 2 is 2.11 bits per heavy atom. The highest BCUT2D eigenvalue weighted by atomic mass is 79.9. The van der Waals surface area contributed by atoms with Crippen molar-refractivity contribution < 1.29 is 9.47 Å². The van der Waals surface area contributed by atoms with Crippen LogP contribution in [0.2, 0.25) is 0 Å². The first-order chi connectivity index (χ1) is 8.80. The van der Waals surface area contributed by atoms with E-state index in [9.17, 15) is 0 Å². The summed E-state index contributed by atoms with van der Waals surface area (Å²) in [6.45, 7) is 3.86. The summed E-state index contributed by atoms with van der Waals surface area (Å²) in [5.74, 6) is 1.55. The molecule has 18 heavy (non-hydrogen) atoms. The molecule has 1 aromatic carbocycles. The lowest BCUT2D eigenvalue weighted by atomic mass is 9.98. The number of halogens is 1. The first kappa shape index (κ1) is 15.5. The maximum Gasteiger partial charge on any atom is 0.119 e. The summed E-state index contributed by atoms with van der Waals surface area (Å²) in [7, 11) is 1.71. The molecule has 1 atom stereocenters. The molecule has 0 saturated heterocycles. The molecule has 0 amide bonds. The van der Waals surface area contributed by atoms with Crippen molar-refractivity contribution in [1.29, 1.82) is 0 Å². The molecule has 0 aliphatic rings. The topological polar surface area (TPSA) is 18.5 Å². The van der Waals surface area contributed by atoms with Crippen LogP contribution >= 0.6 is 15.9 Å². The van der Waals surface area contributed by atoms with Crippen LogP contribution < -0.4 is 4.74 Å². The van der Waals surface area contributed by atoms with Crippen molar-refractivity contribution >= 4 is 15.9 Å². The molecule has 1 aromatic rings. The highest BCUT2D eigenvalue weighted by molar-refractivity contribution is 9.09. The number of methoxy groups -OCH3 is 1. The summed E-state index contributed by atoms with van der Waals surface area (Å²) in [4.78, 5) is 0. The fourth-order valence-corrected chi connectivity index (χ4v) is 2.42. The number of alkyl halides is 1. The molecule has 0 heterocycles. The molecule has 0 radical (unpaired) electrons. The molecule has 0 spiro atoms. The molecular formula is C15H23BrO2. The van der Waals surface area contributed by atoms with Crippen molar-refractivity contribution in [2.75, 3.05) is 25.7 Å². The molecule has 0 aliphatic carbocycles. The van der Waals surface area contributed by atoms with E-state index in [1.165, 1.54) is 5.56 Å². The van der Waals surface area contributed by atoms with Crippen LogP contribution in [-0.2, 0) is 11.2 Å². The zero-order valence-electron chi connectivity index (χ0n) is 11.3. The van der Waals surface area contributed by atoms with Crippen LogP contribution in [0.15, 0.2) is 24.3 Å². The van der Waals surface area contributed by atoms with Crippen LogP contribution in [0.4, 0.5) is 0 Å². The van der Waals surface area contributed by atoms with Gasteiger partial charge in [0.15, 0.2) is 0 Å². The van der Waals surface area contributed by atoms with Crippen LogP contribution in [0, 0.1) is 5.92 Å². The van der Waals surface area contributed by atoms with Crippen LogP contribution in [0.3, 0.4) is 0 Å². The molecule has 0 fully saturated rings. The summed E-state index contributed by atoms with van der Waals surface area (Å²) < 4.78 is 10.8. The van der Waals surface area contributed by atoms with Crippen molar-refractivity contribution in [3.63, 3.8) is 0 Å². The van der Waals surface area contributed by atoms with E-state index in [-0.39, 0.29) is 0 Å². The maximum absolute atomic E-state index is 5.55. The smallest absolute Gasteiger partial charge is 0.119 e. The van der Waals surface area contributed by atoms with E-state index in [1.54, 1.807) is 7.11 Å². The van der Waals surface area contributed by atoms with Gasteiger partial charge in [0.25, 0.3) is 0 Å². The second kappa shape index (κ2) is 9.40. The van der Waals surface area contributed by atoms with Gasteiger partial charge in [-0.25, -0.2) is 0 Å². The molecule has 0 saturated carbocycles. The standard InChI is InChI=1S/C15H23BrO2/c1-3-8-18-9-7-14(12-16)10-13-5-4-6-15(11-13)17-2/h4-6,11,14H,3,7-10,12H2,1-2H3. The summed E-state index contributed by atoms with van der Waals surface area (Å²) in [6, 6.07) is 8.30. The molecule has 0 aliphatic heterocycles. The van der Waals surface area contributed by atoms with E-state index in [4.69, 9.17) is 9.47 Å². The third-order valence-electron chi connectivity index (χ3n) is 2.90. The third-order valence-corrected chi connectivity index (χ3v) is 3.81. The lowest BCUT2D eigenvalue weighted by Gasteiger charge is -2.14. The number of ether oxygens (including phenoxy) is 2. The minimum absolute atomic E-state index is 0.619. The van der Waals surface area contributed by atoms with Gasteiger partial charge >= 0.3 is 0 Å².